The lowest BCUT2D eigenvalue weighted by Gasteiger charge is -2.15. The van der Waals surface area contributed by atoms with Crippen molar-refractivity contribution in [3.8, 4) is 22.5 Å². The quantitative estimate of drug-likeness (QED) is 0.0970. The summed E-state index contributed by atoms with van der Waals surface area (Å²) in [4.78, 5) is 102. The third-order valence-electron chi connectivity index (χ3n) is 11.6. The Morgan fingerprint density at radius 2 is 1.13 bits per heavy atom. The zero-order valence-electron chi connectivity index (χ0n) is 41.2. The van der Waals surface area contributed by atoms with Crippen LogP contribution in [-0.4, -0.2) is 79.9 Å². The summed E-state index contributed by atoms with van der Waals surface area (Å²) in [6.45, 7) is 2.93. The maximum atomic E-state index is 13.3. The number of aryl methyl sites for hydroxylation is 2. The topological polar surface area (TPSA) is 296 Å². The summed E-state index contributed by atoms with van der Waals surface area (Å²) in [7, 11) is 2.89. The number of carbonyl (C=O) groups excluding carboxylic acids is 2. The molecule has 24 nitrogen and oxygen atoms in total. The van der Waals surface area contributed by atoms with Gasteiger partial charge in [-0.2, -0.15) is 26.3 Å². The third-order valence-corrected chi connectivity index (χ3v) is 11.9. The van der Waals surface area contributed by atoms with Gasteiger partial charge in [-0.05, 0) is 62.4 Å². The molecule has 79 heavy (non-hydrogen) atoms. The Bertz CT molecular complexity index is 4060. The average Bonchev–Trinajstić information content (AvgIpc) is 4.37. The highest BCUT2D eigenvalue weighted by Crippen LogP contribution is 2.30. The van der Waals surface area contributed by atoms with E-state index < -0.39 is 70.1 Å². The molecule has 10 rings (SSSR count). The highest BCUT2D eigenvalue weighted by molar-refractivity contribution is 6.16. The van der Waals surface area contributed by atoms with Gasteiger partial charge in [0.15, 0.2) is 22.3 Å². The van der Waals surface area contributed by atoms with Gasteiger partial charge in [0.2, 0.25) is 11.8 Å². The number of rotatable bonds is 11. The van der Waals surface area contributed by atoms with E-state index in [-0.39, 0.29) is 40.5 Å². The second-order valence-corrected chi connectivity index (χ2v) is 17.1. The molecule has 2 atom stereocenters. The van der Waals surface area contributed by atoms with Crippen LogP contribution in [0.4, 0.5) is 38.0 Å². The van der Waals surface area contributed by atoms with Crippen molar-refractivity contribution < 1.29 is 45.0 Å². The first-order valence-corrected chi connectivity index (χ1v) is 23.4. The number of aromatic nitrogens is 14. The van der Waals surface area contributed by atoms with Crippen LogP contribution in [-0.2, 0) is 48.5 Å². The van der Waals surface area contributed by atoms with E-state index in [1.807, 2.05) is 0 Å². The smallest absolute Gasteiger partial charge is 0.364 e. The van der Waals surface area contributed by atoms with Gasteiger partial charge in [-0.25, -0.2) is 29.5 Å². The summed E-state index contributed by atoms with van der Waals surface area (Å²) in [6.07, 6.45) is -1.65. The van der Waals surface area contributed by atoms with Crippen molar-refractivity contribution in [1.82, 2.24) is 68.0 Å². The molecule has 0 saturated heterocycles. The van der Waals surface area contributed by atoms with E-state index in [1.165, 1.54) is 97.2 Å². The minimum Gasteiger partial charge on any atom is -0.364 e. The minimum atomic E-state index is -4.57. The number of hydrogen-bond donors (Lipinski definition) is 3. The van der Waals surface area contributed by atoms with Gasteiger partial charge in [-0.15, -0.1) is 11.6 Å². The fraction of sp³-hybridized carbons (Fsp3) is 0.208. The van der Waals surface area contributed by atoms with Gasteiger partial charge in [0.05, 0.1) is 42.2 Å². The molecule has 31 heteroatoms. The van der Waals surface area contributed by atoms with Crippen molar-refractivity contribution in [3.05, 3.63) is 175 Å². The number of H-pyrrole nitrogens is 1. The van der Waals surface area contributed by atoms with Crippen LogP contribution >= 0.6 is 11.6 Å². The molecule has 2 amide bonds. The summed E-state index contributed by atoms with van der Waals surface area (Å²) in [5.41, 5.74) is -1.95. The first kappa shape index (κ1) is 55.4. The number of pyridine rings is 4. The molecule has 0 bridgehead atoms. The van der Waals surface area contributed by atoms with Crippen molar-refractivity contribution in [2.24, 2.45) is 14.1 Å². The van der Waals surface area contributed by atoms with Gasteiger partial charge < -0.3 is 28.8 Å². The molecule has 0 radical (unpaired) electrons. The fourth-order valence-corrected chi connectivity index (χ4v) is 7.56. The molecule has 0 fully saturated rings. The van der Waals surface area contributed by atoms with Crippen LogP contribution in [0.3, 0.4) is 0 Å². The Morgan fingerprint density at radius 1 is 0.646 bits per heavy atom. The third kappa shape index (κ3) is 12.2. The molecule has 0 saturated carbocycles. The Kier molecular flexibility index (Phi) is 16.0. The van der Waals surface area contributed by atoms with Crippen molar-refractivity contribution in [1.29, 1.82) is 0 Å². The zero-order valence-corrected chi connectivity index (χ0v) is 41.9. The molecular formula is C48H39ClF6N16O8. The van der Waals surface area contributed by atoms with E-state index in [0.29, 0.717) is 34.1 Å². The maximum absolute atomic E-state index is 13.3. The number of fused-ring (bicyclic) bond motifs is 2. The summed E-state index contributed by atoms with van der Waals surface area (Å²) in [6, 6.07) is 14.8. The highest BCUT2D eigenvalue weighted by atomic mass is 35.5. The lowest BCUT2D eigenvalue weighted by Crippen LogP contribution is -2.40. The SMILES string of the molecule is C[C@@H](C(=O)Nc1cccc(-c2ccc(C(F)(F)F)nc2)n1)n1cnc2c1c(=O)[nH]c(=O)n2C.C[C@@H](C(=O)Nc1cccc(-c2ccc(C(F)(F)F)nc2)n1)n1cnc2c1c(=O)n(Cc1ccon1)c(=O)n2C.ClCc1ccon1. The van der Waals surface area contributed by atoms with Gasteiger partial charge in [-0.1, -0.05) is 22.4 Å². The number of aromatic amines is 1. The van der Waals surface area contributed by atoms with Crippen LogP contribution in [0, 0.1) is 0 Å². The van der Waals surface area contributed by atoms with Gasteiger partial charge in [0, 0.05) is 49.7 Å². The zero-order chi connectivity index (χ0) is 56.9. The second-order valence-electron chi connectivity index (χ2n) is 16.8. The fourth-order valence-electron chi connectivity index (χ4n) is 7.43. The van der Waals surface area contributed by atoms with Gasteiger partial charge in [-0.3, -0.25) is 47.8 Å². The monoisotopic (exact) mass is 1120 g/mol. The van der Waals surface area contributed by atoms with Crippen LogP contribution in [0.1, 0.15) is 48.7 Å². The molecule has 10 aromatic heterocycles. The van der Waals surface area contributed by atoms with E-state index in [2.05, 4.69) is 60.4 Å². The largest absolute Gasteiger partial charge is 0.433 e. The summed E-state index contributed by atoms with van der Waals surface area (Å²) in [5.74, 6) is -0.380. The number of nitrogens with zero attached hydrogens (tertiary/aromatic N) is 13. The van der Waals surface area contributed by atoms with E-state index >= 15 is 0 Å². The maximum Gasteiger partial charge on any atom is 0.433 e. The van der Waals surface area contributed by atoms with Crippen LogP contribution < -0.4 is 33.1 Å². The molecule has 0 unspecified atom stereocenters. The van der Waals surface area contributed by atoms with Gasteiger partial charge in [0.1, 0.15) is 53.3 Å². The lowest BCUT2D eigenvalue weighted by molar-refractivity contribution is -0.141. The molecule has 408 valence electrons. The van der Waals surface area contributed by atoms with Crippen LogP contribution in [0.25, 0.3) is 44.8 Å². The summed E-state index contributed by atoms with van der Waals surface area (Å²) >= 11 is 5.35. The number of hydrogen-bond acceptors (Lipinski definition) is 16. The van der Waals surface area contributed by atoms with Crippen molar-refractivity contribution in [2.45, 2.75) is 50.7 Å². The second kappa shape index (κ2) is 22.8. The van der Waals surface area contributed by atoms with Crippen LogP contribution in [0.15, 0.2) is 139 Å². The predicted octanol–water partition coefficient (Wildman–Crippen LogP) is 6.12. The molecular weight excluding hydrogens is 1080 g/mol. The lowest BCUT2D eigenvalue weighted by atomic mass is 10.1. The van der Waals surface area contributed by atoms with Gasteiger partial charge in [0.25, 0.3) is 11.1 Å². The molecule has 0 aliphatic carbocycles. The minimum absolute atomic E-state index is 0.0285. The van der Waals surface area contributed by atoms with Crippen LogP contribution in [0.5, 0.6) is 0 Å². The normalized spacial score (nSPS) is 12.3. The Hall–Kier alpha value is -9.87. The van der Waals surface area contributed by atoms with E-state index in [0.717, 1.165) is 39.4 Å². The standard InChI is InChI=1S/C24H19F3N8O4.C20H16F3N7O3.C4H4ClNO/c1-13(21(36)31-18-5-3-4-16(30-18)14-6-7-17(28-10-14)24(25,26)27)35-12-29-20-19(35)22(37)34(23(38)33(20)2)11-15-8-9-39-32-15;1-10(30-9-25-16-15(30)18(32)28-19(33)29(16)2)17(31)27-14-5-3-4-12(26-14)11-6-7-13(24-8-11)20(21,22)23;5-3-4-1-2-7-6-4/h3-10,12-13H,11H2,1-2H3,(H,30,31,36);3-10H,1-2H3,(H,26,27,31)(H,28,32,33);1-2H,3H2/t13-;10-;/m00./s1. The Morgan fingerprint density at radius 3 is 1.56 bits per heavy atom. The molecule has 0 aliphatic rings. The number of anilines is 2. The molecule has 10 heterocycles. The Balaban J connectivity index is 0.000000187. The number of halogens is 7. The number of imidazole rings is 2. The molecule has 10 aromatic rings. The van der Waals surface area contributed by atoms with E-state index in [9.17, 15) is 55.1 Å². The molecule has 0 aromatic carbocycles. The average molecular weight is 1120 g/mol. The first-order valence-electron chi connectivity index (χ1n) is 22.8. The number of carbonyl (C=O) groups is 2. The molecule has 0 aliphatic heterocycles. The van der Waals surface area contributed by atoms with Crippen molar-refractivity contribution >= 4 is 57.4 Å². The van der Waals surface area contributed by atoms with Crippen molar-refractivity contribution in [2.75, 3.05) is 10.6 Å². The van der Waals surface area contributed by atoms with E-state index in [1.54, 1.807) is 30.3 Å². The summed E-state index contributed by atoms with van der Waals surface area (Å²) in [5, 5.41) is 12.5. The summed E-state index contributed by atoms with van der Waals surface area (Å²) < 4.78 is 91.8. The molecule has 3 N–H and O–H groups in total. The van der Waals surface area contributed by atoms with E-state index in [4.69, 9.17) is 16.1 Å². The number of amides is 2. The number of alkyl halides is 7. The van der Waals surface area contributed by atoms with Gasteiger partial charge >= 0.3 is 23.7 Å². The first-order chi connectivity index (χ1) is 37.5. The van der Waals surface area contributed by atoms with Crippen LogP contribution in [0.2, 0.25) is 0 Å². The highest BCUT2D eigenvalue weighted by Gasteiger charge is 2.33. The Labute approximate surface area is 442 Å². The number of nitrogens with one attached hydrogen (secondary N) is 3. The predicted molar refractivity (Wildman–Crippen MR) is 268 cm³/mol. The molecule has 0 spiro atoms. The van der Waals surface area contributed by atoms with Crippen molar-refractivity contribution in [3.63, 3.8) is 0 Å².